The Balaban J connectivity index is 2.91. The zero-order chi connectivity index (χ0) is 14.4. The molecule has 0 saturated heterocycles. The van der Waals surface area contributed by atoms with E-state index in [1.54, 1.807) is 6.08 Å². The summed E-state index contributed by atoms with van der Waals surface area (Å²) in [5.74, 6) is -0.402. The van der Waals surface area contributed by atoms with Gasteiger partial charge in [0, 0.05) is 17.9 Å². The van der Waals surface area contributed by atoms with Gasteiger partial charge in [0.15, 0.2) is 0 Å². The number of carbonyl (C=O) groups is 2. The zero-order valence-electron chi connectivity index (χ0n) is 11.1. The number of anilines is 1. The summed E-state index contributed by atoms with van der Waals surface area (Å²) in [6, 6.07) is 5.63. The Morgan fingerprint density at radius 3 is 2.68 bits per heavy atom. The summed E-state index contributed by atoms with van der Waals surface area (Å²) in [7, 11) is 0. The minimum Gasteiger partial charge on any atom is -0.351 e. The number of carbonyl (C=O) groups excluding carboxylic acids is 2. The topological polar surface area (TPSA) is 49.4 Å². The highest BCUT2D eigenvalue weighted by molar-refractivity contribution is 9.10. The average molecular weight is 325 g/mol. The summed E-state index contributed by atoms with van der Waals surface area (Å²) >= 11 is 3.42. The highest BCUT2D eigenvalue weighted by Crippen LogP contribution is 2.27. The fourth-order valence-corrected chi connectivity index (χ4v) is 2.29. The molecule has 0 aromatic heterocycles. The quantitative estimate of drug-likeness (QED) is 0.845. The Kier molecular flexibility index (Phi) is 5.76. The highest BCUT2D eigenvalue weighted by atomic mass is 79.9. The van der Waals surface area contributed by atoms with Gasteiger partial charge in [-0.2, -0.15) is 0 Å². The predicted octanol–water partition coefficient (Wildman–Crippen LogP) is 2.41. The number of hydrogen-bond acceptors (Lipinski definition) is 2. The van der Waals surface area contributed by atoms with Crippen LogP contribution >= 0.6 is 15.9 Å². The van der Waals surface area contributed by atoms with E-state index in [2.05, 4.69) is 27.8 Å². The predicted molar refractivity (Wildman–Crippen MR) is 80.1 cm³/mol. The van der Waals surface area contributed by atoms with Crippen molar-refractivity contribution in [1.29, 1.82) is 0 Å². The van der Waals surface area contributed by atoms with Gasteiger partial charge in [-0.05, 0) is 40.5 Å². The summed E-state index contributed by atoms with van der Waals surface area (Å²) in [5.41, 5.74) is 1.77. The Hall–Kier alpha value is -1.62. The standard InChI is InChI=1S/C14H17BrN2O2/c1-4-7-16-14(19)9-17(11(3)18)13-6-5-10(2)8-12(13)15/h4-6,8H,1,7,9H2,2-3H3,(H,16,19). The van der Waals surface area contributed by atoms with Gasteiger partial charge in [0.25, 0.3) is 0 Å². The molecule has 0 radical (unpaired) electrons. The van der Waals surface area contributed by atoms with Crippen molar-refractivity contribution in [2.75, 3.05) is 18.0 Å². The first kappa shape index (κ1) is 15.4. The maximum Gasteiger partial charge on any atom is 0.240 e. The number of hydrogen-bond donors (Lipinski definition) is 1. The number of aryl methyl sites for hydroxylation is 1. The van der Waals surface area contributed by atoms with Gasteiger partial charge >= 0.3 is 0 Å². The van der Waals surface area contributed by atoms with E-state index in [1.165, 1.54) is 11.8 Å². The molecular weight excluding hydrogens is 308 g/mol. The van der Waals surface area contributed by atoms with Crippen LogP contribution in [0.3, 0.4) is 0 Å². The van der Waals surface area contributed by atoms with Crippen LogP contribution in [0.15, 0.2) is 35.3 Å². The molecule has 19 heavy (non-hydrogen) atoms. The van der Waals surface area contributed by atoms with Crippen LogP contribution in [0.4, 0.5) is 5.69 Å². The van der Waals surface area contributed by atoms with Crippen LogP contribution in [0, 0.1) is 6.92 Å². The van der Waals surface area contributed by atoms with Crippen LogP contribution in [0.5, 0.6) is 0 Å². The second-order valence-electron chi connectivity index (χ2n) is 4.15. The van der Waals surface area contributed by atoms with E-state index in [-0.39, 0.29) is 18.4 Å². The molecule has 0 saturated carbocycles. The van der Waals surface area contributed by atoms with Crippen molar-refractivity contribution in [3.63, 3.8) is 0 Å². The normalized spacial score (nSPS) is 9.84. The third-order valence-electron chi connectivity index (χ3n) is 2.52. The highest BCUT2D eigenvalue weighted by Gasteiger charge is 2.17. The third kappa shape index (κ3) is 4.52. The fourth-order valence-electron chi connectivity index (χ4n) is 1.58. The lowest BCUT2D eigenvalue weighted by atomic mass is 10.2. The van der Waals surface area contributed by atoms with Gasteiger partial charge in [0.1, 0.15) is 6.54 Å². The van der Waals surface area contributed by atoms with Crippen molar-refractivity contribution >= 4 is 33.4 Å². The van der Waals surface area contributed by atoms with E-state index in [0.29, 0.717) is 12.2 Å². The number of rotatable bonds is 5. The lowest BCUT2D eigenvalue weighted by Gasteiger charge is -2.22. The summed E-state index contributed by atoms with van der Waals surface area (Å²) < 4.78 is 0.791. The fraction of sp³-hybridized carbons (Fsp3) is 0.286. The Morgan fingerprint density at radius 2 is 2.16 bits per heavy atom. The second-order valence-corrected chi connectivity index (χ2v) is 5.01. The second kappa shape index (κ2) is 7.09. The number of nitrogens with zero attached hydrogens (tertiary/aromatic N) is 1. The van der Waals surface area contributed by atoms with E-state index >= 15 is 0 Å². The molecule has 102 valence electrons. The van der Waals surface area contributed by atoms with E-state index in [4.69, 9.17) is 0 Å². The van der Waals surface area contributed by atoms with Crippen LogP contribution in [0.1, 0.15) is 12.5 Å². The van der Waals surface area contributed by atoms with Crippen LogP contribution in [0.25, 0.3) is 0 Å². The lowest BCUT2D eigenvalue weighted by Crippen LogP contribution is -2.40. The van der Waals surface area contributed by atoms with Gasteiger partial charge in [-0.1, -0.05) is 12.1 Å². The van der Waals surface area contributed by atoms with Crippen molar-refractivity contribution in [3.8, 4) is 0 Å². The van der Waals surface area contributed by atoms with E-state index < -0.39 is 0 Å². The van der Waals surface area contributed by atoms with Gasteiger partial charge in [-0.15, -0.1) is 6.58 Å². The molecule has 0 aliphatic heterocycles. The van der Waals surface area contributed by atoms with E-state index in [9.17, 15) is 9.59 Å². The molecule has 5 heteroatoms. The first-order valence-electron chi connectivity index (χ1n) is 5.87. The first-order chi connectivity index (χ1) is 8.95. The molecule has 0 fully saturated rings. The van der Waals surface area contributed by atoms with Crippen LogP contribution in [0.2, 0.25) is 0 Å². The average Bonchev–Trinajstić information content (AvgIpc) is 2.34. The van der Waals surface area contributed by atoms with Crippen molar-refractivity contribution < 1.29 is 9.59 Å². The van der Waals surface area contributed by atoms with Gasteiger partial charge in [0.2, 0.25) is 11.8 Å². The number of nitrogens with one attached hydrogen (secondary N) is 1. The molecule has 1 aromatic rings. The summed E-state index contributed by atoms with van der Waals surface area (Å²) in [6.45, 7) is 7.30. The smallest absolute Gasteiger partial charge is 0.240 e. The Bertz CT molecular complexity index is 500. The molecule has 0 spiro atoms. The first-order valence-corrected chi connectivity index (χ1v) is 6.67. The minimum atomic E-state index is -0.220. The van der Waals surface area contributed by atoms with E-state index in [0.717, 1.165) is 10.0 Å². The molecule has 0 aliphatic rings. The minimum absolute atomic E-state index is 0.00909. The number of halogens is 1. The maximum absolute atomic E-state index is 11.7. The van der Waals surface area contributed by atoms with Crippen molar-refractivity contribution in [1.82, 2.24) is 5.32 Å². The zero-order valence-corrected chi connectivity index (χ0v) is 12.7. The van der Waals surface area contributed by atoms with Crippen LogP contribution in [-0.2, 0) is 9.59 Å². The van der Waals surface area contributed by atoms with Crippen molar-refractivity contribution in [2.45, 2.75) is 13.8 Å². The molecule has 0 unspecified atom stereocenters. The largest absolute Gasteiger partial charge is 0.351 e. The lowest BCUT2D eigenvalue weighted by molar-refractivity contribution is -0.122. The molecule has 0 atom stereocenters. The van der Waals surface area contributed by atoms with Crippen LogP contribution < -0.4 is 10.2 Å². The van der Waals surface area contributed by atoms with E-state index in [1.807, 2.05) is 25.1 Å². The number of benzene rings is 1. The van der Waals surface area contributed by atoms with Gasteiger partial charge < -0.3 is 10.2 Å². The molecule has 4 nitrogen and oxygen atoms in total. The van der Waals surface area contributed by atoms with Crippen LogP contribution in [-0.4, -0.2) is 24.9 Å². The SMILES string of the molecule is C=CCNC(=O)CN(C(C)=O)c1ccc(C)cc1Br. The Morgan fingerprint density at radius 1 is 1.47 bits per heavy atom. The molecule has 1 rings (SSSR count). The molecule has 2 amide bonds. The summed E-state index contributed by atoms with van der Waals surface area (Å²) in [5, 5.41) is 2.65. The molecule has 0 heterocycles. The molecule has 1 aromatic carbocycles. The van der Waals surface area contributed by atoms with Gasteiger partial charge in [-0.25, -0.2) is 0 Å². The Labute approximate surface area is 121 Å². The van der Waals surface area contributed by atoms with Crippen molar-refractivity contribution in [3.05, 3.63) is 40.9 Å². The molecule has 1 N–H and O–H groups in total. The summed E-state index contributed by atoms with van der Waals surface area (Å²) in [6.07, 6.45) is 1.60. The number of amides is 2. The maximum atomic E-state index is 11.7. The van der Waals surface area contributed by atoms with Gasteiger partial charge in [-0.3, -0.25) is 9.59 Å². The molecule has 0 aliphatic carbocycles. The monoisotopic (exact) mass is 324 g/mol. The van der Waals surface area contributed by atoms with Gasteiger partial charge in [0.05, 0.1) is 5.69 Å². The third-order valence-corrected chi connectivity index (χ3v) is 3.15. The molecular formula is C14H17BrN2O2. The van der Waals surface area contributed by atoms with Crippen molar-refractivity contribution in [2.24, 2.45) is 0 Å². The molecule has 0 bridgehead atoms. The summed E-state index contributed by atoms with van der Waals surface area (Å²) in [4.78, 5) is 24.8.